The molecule has 3 nitrogen and oxygen atoms in total. The maximum absolute atomic E-state index is 16.7. The SMILES string of the molecule is CCCCCCc1ccc(-c2ccc(-c3ccc(-c4c(F)c(F)c(-c5ccc(-c6ccc(N(c7ccc8c(c7)C(C)(C)c7ccccc7-8)c7ccc8c(c7)C(C)(C)c7ccccc7-8)cc6)s5)c5nsnc45)s3)s2)s1. The van der Waals surface area contributed by atoms with Crippen LogP contribution in [0.25, 0.3) is 84.1 Å². The van der Waals surface area contributed by atoms with Gasteiger partial charge < -0.3 is 4.90 Å². The molecule has 2 aliphatic rings. The molecular weight excluding hydrogens is 1010 g/mol. The maximum Gasteiger partial charge on any atom is 0.170 e. The van der Waals surface area contributed by atoms with Crippen molar-refractivity contribution in [2.45, 2.75) is 77.6 Å². The topological polar surface area (TPSA) is 29.0 Å². The number of hydrogen-bond donors (Lipinski definition) is 0. The number of aryl methyl sites for hydroxylation is 1. The first-order chi connectivity index (χ1) is 36.0. The van der Waals surface area contributed by atoms with E-state index in [9.17, 15) is 0 Å². The van der Waals surface area contributed by atoms with Crippen molar-refractivity contribution in [1.29, 1.82) is 0 Å². The minimum absolute atomic E-state index is 0.151. The third-order valence-electron chi connectivity index (χ3n) is 15.4. The number of aromatic nitrogens is 2. The molecule has 0 saturated carbocycles. The van der Waals surface area contributed by atoms with Crippen molar-refractivity contribution in [3.8, 4) is 73.1 Å². The van der Waals surface area contributed by atoms with Gasteiger partial charge in [-0.15, -0.1) is 45.3 Å². The van der Waals surface area contributed by atoms with E-state index in [1.807, 2.05) is 35.6 Å². The van der Waals surface area contributed by atoms with Crippen LogP contribution in [0.4, 0.5) is 25.8 Å². The van der Waals surface area contributed by atoms with E-state index in [4.69, 9.17) is 0 Å². The number of fused-ring (bicyclic) bond motifs is 7. The molecule has 5 aromatic heterocycles. The molecule has 0 saturated heterocycles. The van der Waals surface area contributed by atoms with Crippen LogP contribution in [-0.4, -0.2) is 8.75 Å². The zero-order valence-electron chi connectivity index (χ0n) is 41.7. The standard InChI is InChI=1S/C64H51F2N3S5/c1-6-7-8-9-14-41-25-28-51(70-41)52-30-31-53(72-52)54-32-34-56(73-54)58-60(66)59(65)57(61-62(58)68-74-67-61)55-33-29-50(71-55)37-19-21-38(22-20-37)69(39-23-26-44-42-15-10-12-17-46(42)63(2,3)48(44)35-39)40-24-27-45-43-16-11-13-18-47(43)64(4,5)49(45)36-40/h10-13,15-36H,6-9,14H2,1-5H3. The monoisotopic (exact) mass is 1060 g/mol. The van der Waals surface area contributed by atoms with Gasteiger partial charge in [-0.2, -0.15) is 8.75 Å². The van der Waals surface area contributed by atoms with Crippen LogP contribution < -0.4 is 4.90 Å². The van der Waals surface area contributed by atoms with E-state index in [-0.39, 0.29) is 22.0 Å². The van der Waals surface area contributed by atoms with Crippen LogP contribution in [0.15, 0.2) is 158 Å². The van der Waals surface area contributed by atoms with Crippen LogP contribution in [0, 0.1) is 11.6 Å². The zero-order valence-corrected chi connectivity index (χ0v) is 45.8. The fraction of sp³-hybridized carbons (Fsp3) is 0.188. The van der Waals surface area contributed by atoms with Crippen LogP contribution in [-0.2, 0) is 17.3 Å². The average molecular weight is 1060 g/mol. The molecule has 0 N–H and O–H groups in total. The molecule has 0 atom stereocenters. The molecule has 0 unspecified atom stereocenters. The van der Waals surface area contributed by atoms with E-state index >= 15 is 8.78 Å². The van der Waals surface area contributed by atoms with E-state index in [0.29, 0.717) is 20.8 Å². The molecule has 366 valence electrons. The van der Waals surface area contributed by atoms with Crippen molar-refractivity contribution >= 4 is 85.2 Å². The van der Waals surface area contributed by atoms with Gasteiger partial charge >= 0.3 is 0 Å². The van der Waals surface area contributed by atoms with Gasteiger partial charge in [0, 0.05) is 66.9 Å². The van der Waals surface area contributed by atoms with Crippen molar-refractivity contribution in [2.75, 3.05) is 4.90 Å². The Kier molecular flexibility index (Phi) is 11.8. The number of nitrogens with zero attached hydrogens (tertiary/aromatic N) is 3. The predicted octanol–water partition coefficient (Wildman–Crippen LogP) is 20.8. The van der Waals surface area contributed by atoms with Gasteiger partial charge in [-0.1, -0.05) is 127 Å². The fourth-order valence-electron chi connectivity index (χ4n) is 11.5. The minimum Gasteiger partial charge on any atom is -0.310 e. The number of rotatable bonds is 13. The van der Waals surface area contributed by atoms with Gasteiger partial charge in [-0.25, -0.2) is 8.78 Å². The van der Waals surface area contributed by atoms with Crippen molar-refractivity contribution in [3.05, 3.63) is 196 Å². The molecule has 2 aliphatic carbocycles. The summed E-state index contributed by atoms with van der Waals surface area (Å²) in [6.45, 7) is 11.5. The van der Waals surface area contributed by atoms with Gasteiger partial charge in [0.25, 0.3) is 0 Å². The molecule has 74 heavy (non-hydrogen) atoms. The van der Waals surface area contributed by atoms with Crippen molar-refractivity contribution in [3.63, 3.8) is 0 Å². The van der Waals surface area contributed by atoms with Crippen LogP contribution in [0.3, 0.4) is 0 Å². The highest BCUT2D eigenvalue weighted by Gasteiger charge is 2.38. The molecule has 0 bridgehead atoms. The lowest BCUT2D eigenvalue weighted by Gasteiger charge is -2.30. The summed E-state index contributed by atoms with van der Waals surface area (Å²) in [5, 5.41) is 0. The van der Waals surface area contributed by atoms with E-state index < -0.39 is 11.6 Å². The highest BCUT2D eigenvalue weighted by atomic mass is 32.1. The highest BCUT2D eigenvalue weighted by molar-refractivity contribution is 7.27. The third-order valence-corrected chi connectivity index (χ3v) is 20.8. The number of unbranched alkanes of at least 4 members (excludes halogenated alkanes) is 3. The summed E-state index contributed by atoms with van der Waals surface area (Å²) in [7, 11) is 0. The van der Waals surface area contributed by atoms with E-state index in [1.54, 1.807) is 11.3 Å². The molecule has 0 amide bonds. The number of benzene rings is 6. The summed E-state index contributed by atoms with van der Waals surface area (Å²) in [5.41, 5.74) is 15.4. The molecule has 11 aromatic rings. The van der Waals surface area contributed by atoms with Crippen molar-refractivity contribution < 1.29 is 8.78 Å². The van der Waals surface area contributed by atoms with Gasteiger partial charge in [0.15, 0.2) is 11.6 Å². The Bertz CT molecular complexity index is 3850. The smallest absolute Gasteiger partial charge is 0.170 e. The molecular formula is C64H51F2N3S5. The first kappa shape index (κ1) is 47.3. The second-order valence-corrected chi connectivity index (χ2v) is 25.5. The van der Waals surface area contributed by atoms with Gasteiger partial charge in [-0.3, -0.25) is 0 Å². The molecule has 5 heterocycles. The third kappa shape index (κ3) is 7.78. The summed E-state index contributed by atoms with van der Waals surface area (Å²) >= 11 is 7.49. The average Bonchev–Trinajstić information content (AvgIpc) is 4.30. The lowest BCUT2D eigenvalue weighted by atomic mass is 9.82. The van der Waals surface area contributed by atoms with Crippen LogP contribution in [0.5, 0.6) is 0 Å². The summed E-state index contributed by atoms with van der Waals surface area (Å²) < 4.78 is 42.6. The highest BCUT2D eigenvalue weighted by Crippen LogP contribution is 2.54. The number of hydrogen-bond acceptors (Lipinski definition) is 8. The van der Waals surface area contributed by atoms with Crippen LogP contribution in [0.2, 0.25) is 0 Å². The second-order valence-electron chi connectivity index (χ2n) is 20.6. The Morgan fingerprint density at radius 3 is 1.43 bits per heavy atom. The van der Waals surface area contributed by atoms with Crippen LogP contribution >= 0.6 is 57.1 Å². The number of thiophene rings is 4. The van der Waals surface area contributed by atoms with E-state index in [2.05, 4.69) is 182 Å². The Labute approximate surface area is 451 Å². The number of anilines is 3. The lowest BCUT2D eigenvalue weighted by Crippen LogP contribution is -2.18. The molecule has 6 aromatic carbocycles. The van der Waals surface area contributed by atoms with Crippen molar-refractivity contribution in [2.24, 2.45) is 0 Å². The first-order valence-electron chi connectivity index (χ1n) is 25.4. The van der Waals surface area contributed by atoms with Gasteiger partial charge in [0.2, 0.25) is 0 Å². The zero-order chi connectivity index (χ0) is 50.5. The van der Waals surface area contributed by atoms with Gasteiger partial charge in [-0.05, 0) is 148 Å². The second kappa shape index (κ2) is 18.5. The molecule has 0 spiro atoms. The Morgan fingerprint density at radius 2 is 0.878 bits per heavy atom. The summed E-state index contributed by atoms with van der Waals surface area (Å²) in [6.07, 6.45) is 6.15. The van der Waals surface area contributed by atoms with E-state index in [1.165, 1.54) is 107 Å². The van der Waals surface area contributed by atoms with E-state index in [0.717, 1.165) is 55.4 Å². The normalized spacial score (nSPS) is 13.8. The predicted molar refractivity (Wildman–Crippen MR) is 314 cm³/mol. The quantitative estimate of drug-likeness (QED) is 0.108. The largest absolute Gasteiger partial charge is 0.310 e. The summed E-state index contributed by atoms with van der Waals surface area (Å²) in [6, 6.07) is 56.6. The molecule has 10 heteroatoms. The Morgan fingerprint density at radius 1 is 0.432 bits per heavy atom. The molecule has 0 fully saturated rings. The first-order valence-corrected chi connectivity index (χ1v) is 29.4. The lowest BCUT2D eigenvalue weighted by molar-refractivity contribution is 0.516. The van der Waals surface area contributed by atoms with Crippen molar-refractivity contribution in [1.82, 2.24) is 8.75 Å². The Balaban J connectivity index is 0.811. The minimum atomic E-state index is -0.905. The van der Waals surface area contributed by atoms with Gasteiger partial charge in [0.1, 0.15) is 11.0 Å². The van der Waals surface area contributed by atoms with Gasteiger partial charge in [0.05, 0.1) is 22.9 Å². The number of halogens is 2. The molecule has 0 radical (unpaired) electrons. The summed E-state index contributed by atoms with van der Waals surface area (Å²) in [4.78, 5) is 10.6. The fourth-order valence-corrected chi connectivity index (χ4v) is 16.4. The molecule has 13 rings (SSSR count). The summed E-state index contributed by atoms with van der Waals surface area (Å²) in [5.74, 6) is -1.81. The Hall–Kier alpha value is -6.40. The van der Waals surface area contributed by atoms with Crippen LogP contribution in [0.1, 0.15) is 87.4 Å². The molecule has 0 aliphatic heterocycles. The maximum atomic E-state index is 16.7.